The zero-order chi connectivity index (χ0) is 13.7. The molecule has 1 heterocycles. The fraction of sp³-hybridized carbons (Fsp3) is 0.0769. The molecule has 0 aliphatic heterocycles. The van der Waals surface area contributed by atoms with Crippen LogP contribution in [0.4, 0.5) is 16.2 Å². The molecule has 0 fully saturated rings. The van der Waals surface area contributed by atoms with Gasteiger partial charge in [0.1, 0.15) is 5.75 Å². The van der Waals surface area contributed by atoms with E-state index < -0.39 is 0 Å². The summed E-state index contributed by atoms with van der Waals surface area (Å²) in [6, 6.07) is 9.96. The zero-order valence-corrected chi connectivity index (χ0v) is 10.9. The number of hydrogen-bond acceptors (Lipinski definition) is 3. The highest BCUT2D eigenvalue weighted by atomic mass is 35.5. The van der Waals surface area contributed by atoms with Crippen LogP contribution >= 0.6 is 11.6 Å². The quantitative estimate of drug-likeness (QED) is 0.845. The van der Waals surface area contributed by atoms with Crippen molar-refractivity contribution in [1.29, 1.82) is 0 Å². The van der Waals surface area contributed by atoms with Gasteiger partial charge in [-0.15, -0.1) is 0 Å². The van der Waals surface area contributed by atoms with Crippen molar-refractivity contribution in [2.45, 2.75) is 0 Å². The molecule has 0 spiro atoms. The van der Waals surface area contributed by atoms with Gasteiger partial charge < -0.3 is 15.4 Å². The number of carbonyl (C=O) groups is 1. The van der Waals surface area contributed by atoms with Crippen LogP contribution in [0, 0.1) is 0 Å². The highest BCUT2D eigenvalue weighted by Crippen LogP contribution is 2.18. The number of halogens is 1. The molecule has 0 saturated carbocycles. The summed E-state index contributed by atoms with van der Waals surface area (Å²) in [5.74, 6) is 0.723. The number of nitrogens with one attached hydrogen (secondary N) is 2. The van der Waals surface area contributed by atoms with Gasteiger partial charge in [0.25, 0.3) is 0 Å². The molecule has 5 nitrogen and oxygen atoms in total. The molecule has 98 valence electrons. The maximum Gasteiger partial charge on any atom is 0.323 e. The van der Waals surface area contributed by atoms with E-state index >= 15 is 0 Å². The lowest BCUT2D eigenvalue weighted by molar-refractivity contribution is 0.262. The first-order valence-electron chi connectivity index (χ1n) is 5.51. The number of carbonyl (C=O) groups excluding carboxylic acids is 1. The van der Waals surface area contributed by atoms with Crippen molar-refractivity contribution >= 4 is 29.0 Å². The van der Waals surface area contributed by atoms with Crippen LogP contribution in [0.2, 0.25) is 5.15 Å². The summed E-state index contributed by atoms with van der Waals surface area (Å²) in [6.45, 7) is 0. The lowest BCUT2D eigenvalue weighted by Crippen LogP contribution is -2.19. The van der Waals surface area contributed by atoms with Crippen molar-refractivity contribution < 1.29 is 9.53 Å². The first-order valence-corrected chi connectivity index (χ1v) is 5.89. The smallest absolute Gasteiger partial charge is 0.323 e. The van der Waals surface area contributed by atoms with E-state index in [0.29, 0.717) is 11.4 Å². The molecule has 1 aromatic heterocycles. The largest absolute Gasteiger partial charge is 0.497 e. The first kappa shape index (κ1) is 13.2. The number of hydrogen-bond donors (Lipinski definition) is 2. The molecular weight excluding hydrogens is 266 g/mol. The van der Waals surface area contributed by atoms with Crippen LogP contribution in [0.15, 0.2) is 42.6 Å². The minimum atomic E-state index is -0.389. The summed E-state index contributed by atoms with van der Waals surface area (Å²) in [7, 11) is 1.58. The zero-order valence-electron chi connectivity index (χ0n) is 10.2. The summed E-state index contributed by atoms with van der Waals surface area (Å²) >= 11 is 5.84. The van der Waals surface area contributed by atoms with Crippen LogP contribution in [-0.2, 0) is 0 Å². The van der Waals surface area contributed by atoms with Gasteiger partial charge in [-0.2, -0.15) is 0 Å². The van der Waals surface area contributed by atoms with E-state index in [1.807, 2.05) is 0 Å². The molecule has 6 heteroatoms. The van der Waals surface area contributed by atoms with Crippen molar-refractivity contribution in [3.05, 3.63) is 47.7 Å². The monoisotopic (exact) mass is 277 g/mol. The van der Waals surface area contributed by atoms with Crippen LogP contribution < -0.4 is 15.4 Å². The number of methoxy groups -OCH3 is 1. The summed E-state index contributed by atoms with van der Waals surface area (Å²) in [5, 5.41) is 5.53. The number of anilines is 2. The molecule has 19 heavy (non-hydrogen) atoms. The molecule has 0 atom stereocenters. The number of rotatable bonds is 3. The Hall–Kier alpha value is -2.27. The van der Waals surface area contributed by atoms with Gasteiger partial charge in [-0.1, -0.05) is 11.6 Å². The van der Waals surface area contributed by atoms with Crippen molar-refractivity contribution in [2.75, 3.05) is 17.7 Å². The lowest BCUT2D eigenvalue weighted by Gasteiger charge is -2.08. The number of ether oxygens (including phenoxy) is 1. The number of benzene rings is 1. The number of urea groups is 1. The number of amides is 2. The van der Waals surface area contributed by atoms with Crippen molar-refractivity contribution in [3.8, 4) is 5.75 Å². The van der Waals surface area contributed by atoms with E-state index in [4.69, 9.17) is 16.3 Å². The Kier molecular flexibility index (Phi) is 4.20. The lowest BCUT2D eigenvalue weighted by atomic mass is 10.3. The van der Waals surface area contributed by atoms with Crippen LogP contribution in [0.1, 0.15) is 0 Å². The van der Waals surface area contributed by atoms with E-state index in [1.54, 1.807) is 49.7 Å². The minimum absolute atomic E-state index is 0.243. The molecule has 1 aromatic carbocycles. The van der Waals surface area contributed by atoms with Gasteiger partial charge in [0, 0.05) is 11.9 Å². The third-order valence-electron chi connectivity index (χ3n) is 2.36. The van der Waals surface area contributed by atoms with E-state index in [1.165, 1.54) is 0 Å². The predicted octanol–water partition coefficient (Wildman–Crippen LogP) is 3.39. The van der Waals surface area contributed by atoms with Gasteiger partial charge in [0.05, 0.1) is 12.8 Å². The Morgan fingerprint density at radius 3 is 2.58 bits per heavy atom. The predicted molar refractivity (Wildman–Crippen MR) is 74.9 cm³/mol. The van der Waals surface area contributed by atoms with Crippen LogP contribution in [0.25, 0.3) is 0 Å². The molecule has 0 radical (unpaired) electrons. The molecular formula is C13H12ClN3O2. The summed E-state index contributed by atoms with van der Waals surface area (Å²) in [5.41, 5.74) is 1.11. The molecule has 2 amide bonds. The topological polar surface area (TPSA) is 63.2 Å². The van der Waals surface area contributed by atoms with Crippen molar-refractivity contribution in [2.24, 2.45) is 0 Å². The molecule has 2 aromatic rings. The molecule has 2 rings (SSSR count). The van der Waals surface area contributed by atoms with Crippen molar-refractivity contribution in [3.63, 3.8) is 0 Å². The third-order valence-corrected chi connectivity index (χ3v) is 2.66. The molecule has 0 saturated heterocycles. The first-order chi connectivity index (χ1) is 9.19. The van der Waals surface area contributed by atoms with Crippen molar-refractivity contribution in [1.82, 2.24) is 4.98 Å². The van der Waals surface area contributed by atoms with Gasteiger partial charge in [-0.05, 0) is 36.4 Å². The molecule has 0 aliphatic carbocycles. The van der Waals surface area contributed by atoms with Gasteiger partial charge in [0.15, 0.2) is 5.15 Å². The SMILES string of the molecule is COc1ccc(NC(=O)Nc2cccnc2Cl)cc1. The van der Waals surface area contributed by atoms with E-state index in [-0.39, 0.29) is 11.2 Å². The van der Waals surface area contributed by atoms with Crippen LogP contribution in [0.3, 0.4) is 0 Å². The normalized spacial score (nSPS) is 9.79. The Labute approximate surface area is 115 Å². The Morgan fingerprint density at radius 2 is 1.95 bits per heavy atom. The fourth-order valence-electron chi connectivity index (χ4n) is 1.44. The number of nitrogens with zero attached hydrogens (tertiary/aromatic N) is 1. The average molecular weight is 278 g/mol. The Bertz CT molecular complexity index is 572. The fourth-order valence-corrected chi connectivity index (χ4v) is 1.60. The maximum atomic E-state index is 11.7. The second kappa shape index (κ2) is 6.06. The number of pyridine rings is 1. The maximum absolute atomic E-state index is 11.7. The van der Waals surface area contributed by atoms with E-state index in [0.717, 1.165) is 5.75 Å². The molecule has 0 aliphatic rings. The highest BCUT2D eigenvalue weighted by Gasteiger charge is 2.06. The van der Waals surface area contributed by atoms with Gasteiger partial charge in [-0.25, -0.2) is 9.78 Å². The second-order valence-corrected chi connectivity index (χ2v) is 4.01. The van der Waals surface area contributed by atoms with Gasteiger partial charge in [-0.3, -0.25) is 0 Å². The van der Waals surface area contributed by atoms with E-state index in [2.05, 4.69) is 15.6 Å². The molecule has 0 bridgehead atoms. The number of aromatic nitrogens is 1. The molecule has 2 N–H and O–H groups in total. The van der Waals surface area contributed by atoms with Gasteiger partial charge in [0.2, 0.25) is 0 Å². The Morgan fingerprint density at radius 1 is 1.21 bits per heavy atom. The van der Waals surface area contributed by atoms with Crippen LogP contribution in [0.5, 0.6) is 5.75 Å². The van der Waals surface area contributed by atoms with Crippen LogP contribution in [-0.4, -0.2) is 18.1 Å². The Balaban J connectivity index is 1.99. The average Bonchev–Trinajstić information content (AvgIpc) is 2.42. The highest BCUT2D eigenvalue weighted by molar-refractivity contribution is 6.32. The summed E-state index contributed by atoms with van der Waals surface area (Å²) < 4.78 is 5.03. The van der Waals surface area contributed by atoms with Gasteiger partial charge >= 0.3 is 6.03 Å². The summed E-state index contributed by atoms with van der Waals surface area (Å²) in [4.78, 5) is 15.6. The second-order valence-electron chi connectivity index (χ2n) is 3.65. The third kappa shape index (κ3) is 3.59. The molecule has 0 unspecified atom stereocenters. The van der Waals surface area contributed by atoms with E-state index in [9.17, 15) is 4.79 Å². The standard InChI is InChI=1S/C13H12ClN3O2/c1-19-10-6-4-9(5-7-10)16-13(18)17-11-3-2-8-15-12(11)14/h2-8H,1H3,(H2,16,17,18). The summed E-state index contributed by atoms with van der Waals surface area (Å²) in [6.07, 6.45) is 1.55. The minimum Gasteiger partial charge on any atom is -0.497 e.